The third-order valence-corrected chi connectivity index (χ3v) is 5.34. The van der Waals surface area contributed by atoms with Crippen molar-refractivity contribution < 1.29 is 9.26 Å². The van der Waals surface area contributed by atoms with E-state index >= 15 is 0 Å². The molecule has 1 saturated heterocycles. The number of guanidine groups is 1. The molecule has 0 saturated carbocycles. The Balaban J connectivity index is 1.57. The molecule has 1 aliphatic heterocycles. The van der Waals surface area contributed by atoms with Gasteiger partial charge in [-0.3, -0.25) is 4.90 Å². The van der Waals surface area contributed by atoms with Gasteiger partial charge in [-0.2, -0.15) is 0 Å². The lowest BCUT2D eigenvalue weighted by molar-refractivity contribution is 0.0342. The molecule has 7 heteroatoms. The maximum absolute atomic E-state index is 5.46. The maximum atomic E-state index is 5.46. The highest BCUT2D eigenvalue weighted by atomic mass is 16.5. The van der Waals surface area contributed by atoms with Crippen molar-refractivity contribution in [2.75, 3.05) is 32.8 Å². The third kappa shape index (κ3) is 6.31. The molecule has 3 rings (SSSR count). The fourth-order valence-electron chi connectivity index (χ4n) is 3.59. The number of rotatable bonds is 9. The van der Waals surface area contributed by atoms with E-state index in [1.54, 1.807) is 0 Å². The standard InChI is InChI=1S/C23H35N5O2/c1-4-21-20(22(5-2)30-27-21)16-26-23(24-6-3)25-15-18-7-9-19(10-8-18)17-28-11-13-29-14-12-28/h7-10H,4-6,11-17H2,1-3H3,(H2,24,25,26). The van der Waals surface area contributed by atoms with Crippen LogP contribution < -0.4 is 10.6 Å². The Morgan fingerprint density at radius 1 is 1.03 bits per heavy atom. The zero-order valence-electron chi connectivity index (χ0n) is 18.5. The Morgan fingerprint density at radius 3 is 2.43 bits per heavy atom. The first-order valence-electron chi connectivity index (χ1n) is 11.1. The van der Waals surface area contributed by atoms with Crippen LogP contribution in [0.15, 0.2) is 33.8 Å². The molecule has 0 spiro atoms. The SMILES string of the molecule is CCNC(=NCc1ccc(CN2CCOCC2)cc1)NCc1c(CC)noc1CC. The summed E-state index contributed by atoms with van der Waals surface area (Å²) in [5.74, 6) is 1.76. The first-order chi connectivity index (χ1) is 14.7. The molecule has 0 aliphatic carbocycles. The Morgan fingerprint density at radius 2 is 1.77 bits per heavy atom. The molecule has 0 amide bonds. The van der Waals surface area contributed by atoms with E-state index in [0.717, 1.165) is 75.2 Å². The van der Waals surface area contributed by atoms with Crippen molar-refractivity contribution in [3.8, 4) is 0 Å². The summed E-state index contributed by atoms with van der Waals surface area (Å²) in [5, 5.41) is 10.9. The number of hydrogen-bond acceptors (Lipinski definition) is 5. The Hall–Kier alpha value is -2.38. The average Bonchev–Trinajstić information content (AvgIpc) is 3.19. The summed E-state index contributed by atoms with van der Waals surface area (Å²) >= 11 is 0. The van der Waals surface area contributed by atoms with Crippen molar-refractivity contribution >= 4 is 5.96 Å². The lowest BCUT2D eigenvalue weighted by Crippen LogP contribution is -2.37. The fraction of sp³-hybridized carbons (Fsp3) is 0.565. The molecular weight excluding hydrogens is 378 g/mol. The highest BCUT2D eigenvalue weighted by Crippen LogP contribution is 2.15. The summed E-state index contributed by atoms with van der Waals surface area (Å²) in [7, 11) is 0. The van der Waals surface area contributed by atoms with Crippen LogP contribution in [0.4, 0.5) is 0 Å². The number of aliphatic imine (C=N–C) groups is 1. The molecule has 0 atom stereocenters. The number of ether oxygens (including phenoxy) is 1. The normalized spacial score (nSPS) is 15.4. The summed E-state index contributed by atoms with van der Waals surface area (Å²) in [5.41, 5.74) is 4.71. The lowest BCUT2D eigenvalue weighted by atomic mass is 10.1. The van der Waals surface area contributed by atoms with E-state index in [9.17, 15) is 0 Å². The molecule has 7 nitrogen and oxygen atoms in total. The van der Waals surface area contributed by atoms with E-state index in [1.165, 1.54) is 11.1 Å². The number of hydrogen-bond donors (Lipinski definition) is 2. The molecule has 164 valence electrons. The van der Waals surface area contributed by atoms with Crippen molar-refractivity contribution in [3.05, 3.63) is 52.4 Å². The monoisotopic (exact) mass is 413 g/mol. The predicted molar refractivity (Wildman–Crippen MR) is 119 cm³/mol. The largest absolute Gasteiger partial charge is 0.379 e. The Bertz CT molecular complexity index is 773. The van der Waals surface area contributed by atoms with Gasteiger partial charge in [0.1, 0.15) is 5.76 Å². The summed E-state index contributed by atoms with van der Waals surface area (Å²) in [6.45, 7) is 13.1. The van der Waals surface area contributed by atoms with Crippen molar-refractivity contribution in [2.24, 2.45) is 4.99 Å². The third-order valence-electron chi connectivity index (χ3n) is 5.34. The minimum atomic E-state index is 0.637. The number of aryl methyl sites for hydroxylation is 2. The van der Waals surface area contributed by atoms with Gasteiger partial charge in [-0.15, -0.1) is 0 Å². The molecular formula is C23H35N5O2. The molecule has 30 heavy (non-hydrogen) atoms. The van der Waals surface area contributed by atoms with Gasteiger partial charge in [0, 0.05) is 44.7 Å². The van der Waals surface area contributed by atoms with Gasteiger partial charge in [-0.25, -0.2) is 4.99 Å². The van der Waals surface area contributed by atoms with Gasteiger partial charge in [0.05, 0.1) is 25.5 Å². The minimum absolute atomic E-state index is 0.637. The fourth-order valence-corrected chi connectivity index (χ4v) is 3.59. The molecule has 2 N–H and O–H groups in total. The first-order valence-corrected chi connectivity index (χ1v) is 11.1. The van der Waals surface area contributed by atoms with Crippen LogP contribution in [0.2, 0.25) is 0 Å². The zero-order valence-corrected chi connectivity index (χ0v) is 18.5. The number of morpholine rings is 1. The molecule has 0 unspecified atom stereocenters. The summed E-state index contributed by atoms with van der Waals surface area (Å²) < 4.78 is 10.9. The van der Waals surface area contributed by atoms with E-state index in [2.05, 4.69) is 65.7 Å². The van der Waals surface area contributed by atoms with Crippen LogP contribution in [0, 0.1) is 0 Å². The summed E-state index contributed by atoms with van der Waals surface area (Å²) in [6.07, 6.45) is 1.71. The highest BCUT2D eigenvalue weighted by Gasteiger charge is 2.14. The first kappa shape index (κ1) is 22.3. The van der Waals surface area contributed by atoms with Crippen LogP contribution in [0.3, 0.4) is 0 Å². The zero-order chi connectivity index (χ0) is 21.2. The van der Waals surface area contributed by atoms with Crippen molar-refractivity contribution in [3.63, 3.8) is 0 Å². The van der Waals surface area contributed by atoms with E-state index in [1.807, 2.05) is 0 Å². The van der Waals surface area contributed by atoms with E-state index < -0.39 is 0 Å². The van der Waals surface area contributed by atoms with Gasteiger partial charge >= 0.3 is 0 Å². The van der Waals surface area contributed by atoms with Gasteiger partial charge in [0.15, 0.2) is 5.96 Å². The number of nitrogens with one attached hydrogen (secondary N) is 2. The molecule has 0 radical (unpaired) electrons. The molecule has 2 aromatic rings. The van der Waals surface area contributed by atoms with Crippen LogP contribution in [-0.4, -0.2) is 48.9 Å². The quantitative estimate of drug-likeness (QED) is 0.486. The smallest absolute Gasteiger partial charge is 0.191 e. The highest BCUT2D eigenvalue weighted by molar-refractivity contribution is 5.79. The van der Waals surface area contributed by atoms with E-state index in [-0.39, 0.29) is 0 Å². The second-order valence-corrected chi connectivity index (χ2v) is 7.49. The Kier molecular flexibility index (Phi) is 8.71. The van der Waals surface area contributed by atoms with Gasteiger partial charge in [-0.1, -0.05) is 43.3 Å². The van der Waals surface area contributed by atoms with Crippen LogP contribution in [0.25, 0.3) is 0 Å². The molecule has 1 fully saturated rings. The minimum Gasteiger partial charge on any atom is -0.379 e. The topological polar surface area (TPSA) is 74.9 Å². The maximum Gasteiger partial charge on any atom is 0.191 e. The predicted octanol–water partition coefficient (Wildman–Crippen LogP) is 2.89. The van der Waals surface area contributed by atoms with Crippen molar-refractivity contribution in [2.45, 2.75) is 53.2 Å². The Labute approximate surface area is 179 Å². The van der Waals surface area contributed by atoms with Crippen LogP contribution in [0.5, 0.6) is 0 Å². The van der Waals surface area contributed by atoms with Crippen LogP contribution in [0.1, 0.15) is 48.9 Å². The molecule has 1 aromatic carbocycles. The second-order valence-electron chi connectivity index (χ2n) is 7.49. The number of benzene rings is 1. The van der Waals surface area contributed by atoms with E-state index in [4.69, 9.17) is 14.3 Å². The molecule has 2 heterocycles. The number of nitrogens with zero attached hydrogens (tertiary/aromatic N) is 3. The van der Waals surface area contributed by atoms with Gasteiger partial charge in [0.25, 0.3) is 0 Å². The summed E-state index contributed by atoms with van der Waals surface area (Å²) in [6, 6.07) is 8.76. The van der Waals surface area contributed by atoms with Crippen molar-refractivity contribution in [1.82, 2.24) is 20.7 Å². The molecule has 1 aliphatic rings. The van der Waals surface area contributed by atoms with Gasteiger partial charge < -0.3 is 19.9 Å². The number of aromatic nitrogens is 1. The van der Waals surface area contributed by atoms with Crippen LogP contribution in [-0.2, 0) is 37.2 Å². The van der Waals surface area contributed by atoms with Crippen LogP contribution >= 0.6 is 0 Å². The average molecular weight is 414 g/mol. The molecule has 1 aromatic heterocycles. The summed E-state index contributed by atoms with van der Waals surface area (Å²) in [4.78, 5) is 7.19. The lowest BCUT2D eigenvalue weighted by Gasteiger charge is -2.26. The van der Waals surface area contributed by atoms with Gasteiger partial charge in [0.2, 0.25) is 0 Å². The van der Waals surface area contributed by atoms with Gasteiger partial charge in [-0.05, 0) is 24.5 Å². The second kappa shape index (κ2) is 11.7. The van der Waals surface area contributed by atoms with Crippen molar-refractivity contribution in [1.29, 1.82) is 0 Å². The van der Waals surface area contributed by atoms with E-state index in [0.29, 0.717) is 13.1 Å². The molecule has 0 bridgehead atoms.